The summed E-state index contributed by atoms with van der Waals surface area (Å²) in [7, 11) is -0.946. The molecule has 156 valence electrons. The molecular weight excluding hydrogens is 407 g/mol. The fourth-order valence-corrected chi connectivity index (χ4v) is 4.00. The highest BCUT2D eigenvalue weighted by Gasteiger charge is 2.22. The zero-order valence-electron chi connectivity index (χ0n) is 16.7. The fourth-order valence-electron chi connectivity index (χ4n) is 2.76. The molecule has 0 aliphatic carbocycles. The molecule has 1 amide bonds. The highest BCUT2D eigenvalue weighted by Crippen LogP contribution is 2.25. The van der Waals surface area contributed by atoms with Crippen LogP contribution in [0.4, 0.5) is 15.8 Å². The molecule has 8 heteroatoms. The van der Waals surface area contributed by atoms with Gasteiger partial charge in [0, 0.05) is 18.3 Å². The van der Waals surface area contributed by atoms with Crippen LogP contribution in [0.25, 0.3) is 0 Å². The first-order valence-electron chi connectivity index (χ1n) is 9.03. The summed E-state index contributed by atoms with van der Waals surface area (Å²) in [6.07, 6.45) is 0. The number of sulfonamides is 1. The first-order valence-corrected chi connectivity index (χ1v) is 10.5. The van der Waals surface area contributed by atoms with Crippen molar-refractivity contribution in [2.75, 3.05) is 23.8 Å². The smallest absolute Gasteiger partial charge is 0.264 e. The number of carbonyl (C=O) groups is 1. The van der Waals surface area contributed by atoms with Gasteiger partial charge in [-0.1, -0.05) is 12.1 Å². The number of hydrogen-bond donors (Lipinski definition) is 1. The number of anilines is 2. The molecular formula is C22H21FN2O4S. The third-order valence-corrected chi connectivity index (χ3v) is 6.40. The van der Waals surface area contributed by atoms with Crippen LogP contribution < -0.4 is 14.4 Å². The van der Waals surface area contributed by atoms with Crippen LogP contribution in [0, 0.1) is 12.7 Å². The third-order valence-electron chi connectivity index (χ3n) is 4.62. The molecule has 0 aromatic heterocycles. The van der Waals surface area contributed by atoms with E-state index >= 15 is 0 Å². The molecule has 3 rings (SSSR count). The van der Waals surface area contributed by atoms with Crippen LogP contribution in [-0.4, -0.2) is 28.5 Å². The third kappa shape index (κ3) is 4.44. The maximum Gasteiger partial charge on any atom is 0.264 e. The SMILES string of the molecule is COc1ccc(N(C)S(=O)(=O)c2cccc(C(=O)Nc3ccc(C)c(F)c3)c2)cc1. The van der Waals surface area contributed by atoms with Crippen molar-refractivity contribution in [3.63, 3.8) is 0 Å². The van der Waals surface area contributed by atoms with Gasteiger partial charge in [0.15, 0.2) is 0 Å². The normalized spacial score (nSPS) is 11.1. The van der Waals surface area contributed by atoms with Crippen molar-refractivity contribution in [3.8, 4) is 5.75 Å². The number of nitrogens with zero attached hydrogens (tertiary/aromatic N) is 1. The van der Waals surface area contributed by atoms with E-state index in [2.05, 4.69) is 5.32 Å². The Morgan fingerprint density at radius 2 is 1.73 bits per heavy atom. The summed E-state index contributed by atoms with van der Waals surface area (Å²) >= 11 is 0. The predicted molar refractivity (Wildman–Crippen MR) is 114 cm³/mol. The Hall–Kier alpha value is -3.39. The maximum atomic E-state index is 13.7. The molecule has 0 spiro atoms. The van der Waals surface area contributed by atoms with Crippen molar-refractivity contribution in [2.45, 2.75) is 11.8 Å². The number of ether oxygens (including phenoxy) is 1. The number of nitrogens with one attached hydrogen (secondary N) is 1. The Bertz CT molecular complexity index is 1180. The number of benzene rings is 3. The molecule has 30 heavy (non-hydrogen) atoms. The van der Waals surface area contributed by atoms with Crippen LogP contribution in [0.5, 0.6) is 5.75 Å². The molecule has 0 bridgehead atoms. The van der Waals surface area contributed by atoms with E-state index in [9.17, 15) is 17.6 Å². The van der Waals surface area contributed by atoms with Crippen molar-refractivity contribution in [3.05, 3.63) is 83.7 Å². The van der Waals surface area contributed by atoms with Gasteiger partial charge in [0.2, 0.25) is 0 Å². The van der Waals surface area contributed by atoms with Crippen molar-refractivity contribution < 1.29 is 22.3 Å². The fraction of sp³-hybridized carbons (Fsp3) is 0.136. The second kappa shape index (κ2) is 8.54. The van der Waals surface area contributed by atoms with Gasteiger partial charge in [0.1, 0.15) is 11.6 Å². The van der Waals surface area contributed by atoms with Gasteiger partial charge in [-0.2, -0.15) is 0 Å². The highest BCUT2D eigenvalue weighted by atomic mass is 32.2. The number of halogens is 1. The number of rotatable bonds is 6. The molecule has 0 saturated carbocycles. The van der Waals surface area contributed by atoms with E-state index < -0.39 is 21.7 Å². The van der Waals surface area contributed by atoms with Gasteiger partial charge in [-0.3, -0.25) is 9.10 Å². The van der Waals surface area contributed by atoms with Crippen LogP contribution in [0.3, 0.4) is 0 Å². The van der Waals surface area contributed by atoms with Crippen molar-refractivity contribution >= 4 is 27.3 Å². The zero-order chi connectivity index (χ0) is 21.9. The molecule has 0 heterocycles. The summed E-state index contributed by atoms with van der Waals surface area (Å²) < 4.78 is 45.9. The van der Waals surface area contributed by atoms with E-state index in [-0.39, 0.29) is 16.1 Å². The monoisotopic (exact) mass is 428 g/mol. The zero-order valence-corrected chi connectivity index (χ0v) is 17.5. The summed E-state index contributed by atoms with van der Waals surface area (Å²) in [5.74, 6) is -0.372. The molecule has 6 nitrogen and oxygen atoms in total. The minimum absolute atomic E-state index is 0.0384. The van der Waals surface area contributed by atoms with E-state index in [1.807, 2.05) is 0 Å². The molecule has 1 N–H and O–H groups in total. The van der Waals surface area contributed by atoms with E-state index in [0.29, 0.717) is 17.0 Å². The Morgan fingerprint density at radius 1 is 1.03 bits per heavy atom. The van der Waals surface area contributed by atoms with E-state index in [1.54, 1.807) is 43.3 Å². The lowest BCUT2D eigenvalue weighted by Gasteiger charge is -2.20. The van der Waals surface area contributed by atoms with Crippen LogP contribution >= 0.6 is 0 Å². The van der Waals surface area contributed by atoms with Gasteiger partial charge in [-0.15, -0.1) is 0 Å². The number of hydrogen-bond acceptors (Lipinski definition) is 4. The van der Waals surface area contributed by atoms with Crippen LogP contribution in [-0.2, 0) is 10.0 Å². The van der Waals surface area contributed by atoms with Crippen molar-refractivity contribution in [1.82, 2.24) is 0 Å². The lowest BCUT2D eigenvalue weighted by atomic mass is 10.2. The maximum absolute atomic E-state index is 13.7. The highest BCUT2D eigenvalue weighted by molar-refractivity contribution is 7.92. The number of aryl methyl sites for hydroxylation is 1. The average Bonchev–Trinajstić information content (AvgIpc) is 2.76. The van der Waals surface area contributed by atoms with Gasteiger partial charge < -0.3 is 10.1 Å². The quantitative estimate of drug-likeness (QED) is 0.638. The Labute approximate surface area is 175 Å². The van der Waals surface area contributed by atoms with Crippen LogP contribution in [0.2, 0.25) is 0 Å². The van der Waals surface area contributed by atoms with E-state index in [1.165, 1.54) is 44.5 Å². The van der Waals surface area contributed by atoms with Gasteiger partial charge in [0.25, 0.3) is 15.9 Å². The predicted octanol–water partition coefficient (Wildman–Crippen LogP) is 4.22. The van der Waals surface area contributed by atoms with Crippen LogP contribution in [0.15, 0.2) is 71.6 Å². The lowest BCUT2D eigenvalue weighted by Crippen LogP contribution is -2.26. The molecule has 0 saturated heterocycles. The standard InChI is InChI=1S/C22H21FN2O4S/c1-15-7-8-17(14-21(15)23)24-22(26)16-5-4-6-20(13-16)30(27,28)25(2)18-9-11-19(29-3)12-10-18/h4-14H,1-3H3,(H,24,26). The van der Waals surface area contributed by atoms with Crippen molar-refractivity contribution in [2.24, 2.45) is 0 Å². The van der Waals surface area contributed by atoms with Gasteiger partial charge >= 0.3 is 0 Å². The molecule has 0 fully saturated rings. The summed E-state index contributed by atoms with van der Waals surface area (Å²) in [5, 5.41) is 2.58. The second-order valence-electron chi connectivity index (χ2n) is 6.62. The average molecular weight is 428 g/mol. The molecule has 0 atom stereocenters. The first-order chi connectivity index (χ1) is 14.2. The Kier molecular flexibility index (Phi) is 6.07. The summed E-state index contributed by atoms with van der Waals surface area (Å²) in [6, 6.07) is 16.6. The Morgan fingerprint density at radius 3 is 2.37 bits per heavy atom. The molecule has 0 unspecified atom stereocenters. The van der Waals surface area contributed by atoms with Crippen LogP contribution in [0.1, 0.15) is 15.9 Å². The molecule has 3 aromatic carbocycles. The lowest BCUT2D eigenvalue weighted by molar-refractivity contribution is 0.102. The number of carbonyl (C=O) groups excluding carboxylic acids is 1. The van der Waals surface area contributed by atoms with Gasteiger partial charge in [0.05, 0.1) is 17.7 Å². The van der Waals surface area contributed by atoms with Gasteiger partial charge in [-0.25, -0.2) is 12.8 Å². The molecule has 0 aliphatic heterocycles. The van der Waals surface area contributed by atoms with Gasteiger partial charge in [-0.05, 0) is 67.1 Å². The largest absolute Gasteiger partial charge is 0.497 e. The molecule has 3 aromatic rings. The summed E-state index contributed by atoms with van der Waals surface area (Å²) in [5.41, 5.74) is 1.33. The molecule has 0 radical (unpaired) electrons. The van der Waals surface area contributed by atoms with E-state index in [0.717, 1.165) is 4.31 Å². The summed E-state index contributed by atoms with van der Waals surface area (Å²) in [6.45, 7) is 1.62. The number of methoxy groups -OCH3 is 1. The van der Waals surface area contributed by atoms with E-state index in [4.69, 9.17) is 4.74 Å². The topological polar surface area (TPSA) is 75.7 Å². The molecule has 0 aliphatic rings. The number of amides is 1. The minimum atomic E-state index is -3.90. The Balaban J connectivity index is 1.85. The first kappa shape index (κ1) is 21.3. The minimum Gasteiger partial charge on any atom is -0.497 e. The second-order valence-corrected chi connectivity index (χ2v) is 8.59. The summed E-state index contributed by atoms with van der Waals surface area (Å²) in [4.78, 5) is 12.5. The van der Waals surface area contributed by atoms with Crippen molar-refractivity contribution in [1.29, 1.82) is 0 Å².